The van der Waals surface area contributed by atoms with E-state index in [1.54, 1.807) is 19.1 Å². The number of rotatable bonds is 8. The van der Waals surface area contributed by atoms with Crippen LogP contribution in [0.15, 0.2) is 18.3 Å². The number of nitrogens with one attached hydrogen (secondary N) is 1. The van der Waals surface area contributed by atoms with E-state index in [4.69, 9.17) is 9.84 Å². The highest BCUT2D eigenvalue weighted by atomic mass is 19.4. The Morgan fingerprint density at radius 3 is 2.61 bits per heavy atom. The third-order valence-corrected chi connectivity index (χ3v) is 3.68. The fraction of sp³-hybridized carbons (Fsp3) is 0.667. The van der Waals surface area contributed by atoms with Crippen LogP contribution < -0.4 is 10.2 Å². The minimum Gasteiger partial charge on any atom is -0.366 e. The number of aryl methyl sites for hydroxylation is 1. The molecule has 130 valence electrons. The number of ether oxygens (including phenoxy) is 1. The van der Waals surface area contributed by atoms with Crippen LogP contribution in [0.3, 0.4) is 0 Å². The number of aliphatic hydroxyl groups is 1. The standard InChI is InChI=1S/C15H22F3N3O2/c1-3-6-21(11-5-4-10(2)20-7-11)13(15(16,17)18)9-19-8-12-14(22)23-12/h4-5,7,12-14,19,22H,3,6,8-9H2,1-2H3. The molecule has 3 unspecified atom stereocenters. The van der Waals surface area contributed by atoms with Crippen LogP contribution in [-0.2, 0) is 4.74 Å². The topological polar surface area (TPSA) is 60.9 Å². The molecule has 8 heteroatoms. The second-order valence-corrected chi connectivity index (χ2v) is 5.63. The summed E-state index contributed by atoms with van der Waals surface area (Å²) in [6.07, 6.45) is -3.59. The Balaban J connectivity index is 2.09. The third-order valence-electron chi connectivity index (χ3n) is 3.68. The van der Waals surface area contributed by atoms with Gasteiger partial charge in [0.1, 0.15) is 12.1 Å². The van der Waals surface area contributed by atoms with Gasteiger partial charge in [0.05, 0.1) is 11.9 Å². The molecular weight excluding hydrogens is 311 g/mol. The van der Waals surface area contributed by atoms with Gasteiger partial charge in [-0.25, -0.2) is 0 Å². The van der Waals surface area contributed by atoms with Crippen molar-refractivity contribution in [3.05, 3.63) is 24.0 Å². The minimum atomic E-state index is -4.38. The number of halogens is 3. The summed E-state index contributed by atoms with van der Waals surface area (Å²) in [4.78, 5) is 5.42. The zero-order valence-corrected chi connectivity index (χ0v) is 13.2. The number of aliphatic hydroxyl groups excluding tert-OH is 1. The molecule has 1 aliphatic heterocycles. The molecule has 1 aromatic heterocycles. The van der Waals surface area contributed by atoms with Gasteiger partial charge in [-0.05, 0) is 25.5 Å². The van der Waals surface area contributed by atoms with E-state index in [2.05, 4.69) is 10.3 Å². The molecule has 0 bridgehead atoms. The van der Waals surface area contributed by atoms with Gasteiger partial charge >= 0.3 is 6.18 Å². The van der Waals surface area contributed by atoms with E-state index in [9.17, 15) is 13.2 Å². The molecular formula is C15H22F3N3O2. The second kappa shape index (κ2) is 7.46. The fourth-order valence-electron chi connectivity index (χ4n) is 2.38. The van der Waals surface area contributed by atoms with Crippen LogP contribution in [0.1, 0.15) is 19.0 Å². The van der Waals surface area contributed by atoms with Crippen LogP contribution in [0, 0.1) is 6.92 Å². The normalized spacial score (nSPS) is 22.0. The van der Waals surface area contributed by atoms with E-state index in [1.165, 1.54) is 11.1 Å². The maximum Gasteiger partial charge on any atom is 0.409 e. The monoisotopic (exact) mass is 333 g/mol. The molecule has 1 aliphatic rings. The van der Waals surface area contributed by atoms with Gasteiger partial charge in [0, 0.05) is 25.3 Å². The molecule has 5 nitrogen and oxygen atoms in total. The maximum absolute atomic E-state index is 13.5. The second-order valence-electron chi connectivity index (χ2n) is 5.63. The summed E-state index contributed by atoms with van der Waals surface area (Å²) in [6.45, 7) is 3.82. The van der Waals surface area contributed by atoms with Gasteiger partial charge in [-0.15, -0.1) is 0 Å². The number of nitrogens with zero attached hydrogens (tertiary/aromatic N) is 2. The highest BCUT2D eigenvalue weighted by Crippen LogP contribution is 2.29. The van der Waals surface area contributed by atoms with Crippen molar-refractivity contribution in [2.75, 3.05) is 24.5 Å². The van der Waals surface area contributed by atoms with Crippen molar-refractivity contribution in [1.82, 2.24) is 10.3 Å². The summed E-state index contributed by atoms with van der Waals surface area (Å²) in [5.74, 6) is 0. The Morgan fingerprint density at radius 2 is 2.13 bits per heavy atom. The summed E-state index contributed by atoms with van der Waals surface area (Å²) in [5, 5.41) is 11.8. The largest absolute Gasteiger partial charge is 0.409 e. The molecule has 1 aromatic rings. The van der Waals surface area contributed by atoms with Gasteiger partial charge in [-0.1, -0.05) is 6.92 Å². The maximum atomic E-state index is 13.5. The number of hydrogen-bond acceptors (Lipinski definition) is 5. The van der Waals surface area contributed by atoms with Crippen molar-refractivity contribution in [3.63, 3.8) is 0 Å². The van der Waals surface area contributed by atoms with Gasteiger partial charge < -0.3 is 20.1 Å². The molecule has 0 aromatic carbocycles. The predicted molar refractivity (Wildman–Crippen MR) is 80.2 cm³/mol. The molecule has 0 aliphatic carbocycles. The summed E-state index contributed by atoms with van der Waals surface area (Å²) in [5.41, 5.74) is 1.20. The number of epoxide rings is 1. The molecule has 2 heterocycles. The quantitative estimate of drug-likeness (QED) is 0.711. The molecule has 23 heavy (non-hydrogen) atoms. The van der Waals surface area contributed by atoms with Crippen LogP contribution in [0.2, 0.25) is 0 Å². The smallest absolute Gasteiger partial charge is 0.366 e. The molecule has 0 spiro atoms. The van der Waals surface area contributed by atoms with E-state index >= 15 is 0 Å². The van der Waals surface area contributed by atoms with Crippen molar-refractivity contribution in [1.29, 1.82) is 0 Å². The summed E-state index contributed by atoms with van der Waals surface area (Å²) >= 11 is 0. The van der Waals surface area contributed by atoms with Crippen molar-refractivity contribution in [3.8, 4) is 0 Å². The van der Waals surface area contributed by atoms with Gasteiger partial charge in [0.15, 0.2) is 6.29 Å². The Bertz CT molecular complexity index is 496. The number of hydrogen-bond donors (Lipinski definition) is 2. The Labute approximate surface area is 133 Å². The summed E-state index contributed by atoms with van der Waals surface area (Å²) in [6, 6.07) is 1.69. The summed E-state index contributed by atoms with van der Waals surface area (Å²) < 4.78 is 45.3. The van der Waals surface area contributed by atoms with E-state index < -0.39 is 24.6 Å². The third kappa shape index (κ3) is 5.05. The number of alkyl halides is 3. The van der Waals surface area contributed by atoms with E-state index in [0.29, 0.717) is 12.1 Å². The number of anilines is 1. The van der Waals surface area contributed by atoms with Gasteiger partial charge in [0.25, 0.3) is 0 Å². The number of aromatic nitrogens is 1. The van der Waals surface area contributed by atoms with E-state index in [0.717, 1.165) is 5.69 Å². The number of pyridine rings is 1. The molecule has 1 saturated heterocycles. The van der Waals surface area contributed by atoms with Crippen LogP contribution in [0.25, 0.3) is 0 Å². The lowest BCUT2D eigenvalue weighted by molar-refractivity contribution is -0.147. The molecule has 0 saturated carbocycles. The van der Waals surface area contributed by atoms with Crippen molar-refractivity contribution >= 4 is 5.69 Å². The molecule has 0 radical (unpaired) electrons. The van der Waals surface area contributed by atoms with E-state index in [-0.39, 0.29) is 19.6 Å². The average Bonchev–Trinajstić information content (AvgIpc) is 3.17. The lowest BCUT2D eigenvalue weighted by Crippen LogP contribution is -2.52. The highest BCUT2D eigenvalue weighted by Gasteiger charge is 2.44. The van der Waals surface area contributed by atoms with Crippen molar-refractivity contribution in [2.45, 2.75) is 44.9 Å². The zero-order valence-electron chi connectivity index (χ0n) is 13.2. The Hall–Kier alpha value is -1.38. The lowest BCUT2D eigenvalue weighted by Gasteiger charge is -2.34. The average molecular weight is 333 g/mol. The fourth-order valence-corrected chi connectivity index (χ4v) is 2.38. The Morgan fingerprint density at radius 1 is 1.43 bits per heavy atom. The molecule has 1 fully saturated rings. The first-order chi connectivity index (χ1) is 10.8. The van der Waals surface area contributed by atoms with Crippen LogP contribution in [0.5, 0.6) is 0 Å². The molecule has 0 amide bonds. The van der Waals surface area contributed by atoms with Crippen LogP contribution in [-0.4, -0.2) is 54.3 Å². The first-order valence-electron chi connectivity index (χ1n) is 7.63. The lowest BCUT2D eigenvalue weighted by atomic mass is 10.2. The predicted octanol–water partition coefficient (Wildman–Crippen LogP) is 1.84. The van der Waals surface area contributed by atoms with Crippen molar-refractivity contribution in [2.24, 2.45) is 0 Å². The first kappa shape index (κ1) is 18.0. The van der Waals surface area contributed by atoms with Crippen LogP contribution in [0.4, 0.5) is 18.9 Å². The molecule has 3 atom stereocenters. The molecule has 2 rings (SSSR count). The minimum absolute atomic E-state index is 0.194. The summed E-state index contributed by atoms with van der Waals surface area (Å²) in [7, 11) is 0. The van der Waals surface area contributed by atoms with Gasteiger partial charge in [-0.3, -0.25) is 4.98 Å². The first-order valence-corrected chi connectivity index (χ1v) is 7.63. The van der Waals surface area contributed by atoms with Gasteiger partial charge in [0.2, 0.25) is 0 Å². The molecule has 2 N–H and O–H groups in total. The zero-order chi connectivity index (χ0) is 17.0. The SMILES string of the molecule is CCCN(c1ccc(C)nc1)C(CNCC1OC1O)C(F)(F)F. The Kier molecular flexibility index (Phi) is 5.83. The van der Waals surface area contributed by atoms with E-state index in [1.807, 2.05) is 6.92 Å². The van der Waals surface area contributed by atoms with Crippen molar-refractivity contribution < 1.29 is 23.0 Å². The van der Waals surface area contributed by atoms with Crippen LogP contribution >= 0.6 is 0 Å². The van der Waals surface area contributed by atoms with Gasteiger partial charge in [-0.2, -0.15) is 13.2 Å². The highest BCUT2D eigenvalue weighted by molar-refractivity contribution is 5.46.